The SMILES string of the molecule is Cc1ccc(NC(=S)NCc2ccc3c(c2)OCO3)cc1[N+](=O)[O-]. The molecule has 0 amide bonds. The highest BCUT2D eigenvalue weighted by atomic mass is 32.1. The zero-order valence-electron chi connectivity index (χ0n) is 12.9. The van der Waals surface area contributed by atoms with Gasteiger partial charge in [0.25, 0.3) is 5.69 Å². The number of aryl methyl sites for hydroxylation is 1. The zero-order chi connectivity index (χ0) is 17.1. The monoisotopic (exact) mass is 345 g/mol. The summed E-state index contributed by atoms with van der Waals surface area (Å²) >= 11 is 5.23. The van der Waals surface area contributed by atoms with E-state index in [9.17, 15) is 10.1 Å². The number of benzene rings is 2. The second kappa shape index (κ2) is 6.71. The van der Waals surface area contributed by atoms with E-state index in [0.29, 0.717) is 28.7 Å². The van der Waals surface area contributed by atoms with Gasteiger partial charge < -0.3 is 20.1 Å². The van der Waals surface area contributed by atoms with Crippen molar-refractivity contribution in [3.63, 3.8) is 0 Å². The molecule has 2 N–H and O–H groups in total. The minimum absolute atomic E-state index is 0.0542. The largest absolute Gasteiger partial charge is 0.454 e. The summed E-state index contributed by atoms with van der Waals surface area (Å²) in [5.41, 5.74) is 2.21. The van der Waals surface area contributed by atoms with Gasteiger partial charge in [0.2, 0.25) is 6.79 Å². The lowest BCUT2D eigenvalue weighted by Gasteiger charge is -2.11. The molecular formula is C16H15N3O4S. The van der Waals surface area contributed by atoms with Gasteiger partial charge in [-0.25, -0.2) is 0 Å². The highest BCUT2D eigenvalue weighted by molar-refractivity contribution is 7.80. The molecule has 0 spiro atoms. The lowest BCUT2D eigenvalue weighted by atomic mass is 10.2. The fourth-order valence-corrected chi connectivity index (χ4v) is 2.48. The molecule has 1 aliphatic rings. The third-order valence-electron chi connectivity index (χ3n) is 3.55. The van der Waals surface area contributed by atoms with Gasteiger partial charge in [-0.2, -0.15) is 0 Å². The molecule has 1 aliphatic heterocycles. The first-order valence-corrected chi connectivity index (χ1v) is 7.62. The Morgan fingerprint density at radius 2 is 2.04 bits per heavy atom. The average Bonchev–Trinajstić information content (AvgIpc) is 3.02. The number of hydrogen-bond acceptors (Lipinski definition) is 5. The standard InChI is InChI=1S/C16H15N3O4S/c1-10-2-4-12(7-13(10)19(20)21)18-16(24)17-8-11-3-5-14-15(6-11)23-9-22-14/h2-7H,8-9H2,1H3,(H2,17,18,24). The summed E-state index contributed by atoms with van der Waals surface area (Å²) in [6.45, 7) is 2.42. The number of nitrogens with one attached hydrogen (secondary N) is 2. The third-order valence-corrected chi connectivity index (χ3v) is 3.80. The molecule has 0 bridgehead atoms. The van der Waals surface area contributed by atoms with Crippen molar-refractivity contribution in [1.82, 2.24) is 5.32 Å². The Morgan fingerprint density at radius 1 is 1.25 bits per heavy atom. The molecule has 0 saturated carbocycles. The topological polar surface area (TPSA) is 85.7 Å². The van der Waals surface area contributed by atoms with Gasteiger partial charge in [0.05, 0.1) is 4.92 Å². The van der Waals surface area contributed by atoms with Crippen molar-refractivity contribution in [1.29, 1.82) is 0 Å². The van der Waals surface area contributed by atoms with Crippen LogP contribution in [-0.2, 0) is 6.54 Å². The van der Waals surface area contributed by atoms with Crippen molar-refractivity contribution >= 4 is 28.7 Å². The van der Waals surface area contributed by atoms with E-state index >= 15 is 0 Å². The molecule has 2 aromatic rings. The van der Waals surface area contributed by atoms with Gasteiger partial charge in [-0.3, -0.25) is 10.1 Å². The van der Waals surface area contributed by atoms with Gasteiger partial charge in [0.15, 0.2) is 16.6 Å². The summed E-state index contributed by atoms with van der Waals surface area (Å²) in [7, 11) is 0. The van der Waals surface area contributed by atoms with E-state index in [1.54, 1.807) is 19.1 Å². The maximum Gasteiger partial charge on any atom is 0.274 e. The van der Waals surface area contributed by atoms with Gasteiger partial charge in [0.1, 0.15) is 0 Å². The molecule has 24 heavy (non-hydrogen) atoms. The Hall–Kier alpha value is -2.87. The second-order valence-electron chi connectivity index (χ2n) is 5.25. The highest BCUT2D eigenvalue weighted by Crippen LogP contribution is 2.32. The van der Waals surface area contributed by atoms with Crippen LogP contribution in [0.5, 0.6) is 11.5 Å². The molecule has 0 aromatic heterocycles. The van der Waals surface area contributed by atoms with Crippen LogP contribution in [0, 0.1) is 17.0 Å². The van der Waals surface area contributed by atoms with Crippen molar-refractivity contribution in [2.75, 3.05) is 12.1 Å². The summed E-state index contributed by atoms with van der Waals surface area (Å²) in [4.78, 5) is 10.6. The number of nitrogens with zero attached hydrogens (tertiary/aromatic N) is 1. The summed E-state index contributed by atoms with van der Waals surface area (Å²) in [5.74, 6) is 1.44. The quantitative estimate of drug-likeness (QED) is 0.500. The molecule has 0 atom stereocenters. The molecule has 0 radical (unpaired) electrons. The van der Waals surface area contributed by atoms with Crippen molar-refractivity contribution in [3.05, 3.63) is 57.6 Å². The van der Waals surface area contributed by atoms with E-state index in [1.807, 2.05) is 18.2 Å². The first-order chi connectivity index (χ1) is 11.5. The van der Waals surface area contributed by atoms with E-state index in [-0.39, 0.29) is 12.5 Å². The number of hydrogen-bond donors (Lipinski definition) is 2. The van der Waals surface area contributed by atoms with Crippen LogP contribution < -0.4 is 20.1 Å². The van der Waals surface area contributed by atoms with Gasteiger partial charge >= 0.3 is 0 Å². The molecule has 8 heteroatoms. The first kappa shape index (κ1) is 16.0. The number of fused-ring (bicyclic) bond motifs is 1. The molecule has 0 saturated heterocycles. The molecule has 1 heterocycles. The summed E-state index contributed by atoms with van der Waals surface area (Å²) in [6.07, 6.45) is 0. The fraction of sp³-hybridized carbons (Fsp3) is 0.188. The Morgan fingerprint density at radius 3 is 2.83 bits per heavy atom. The van der Waals surface area contributed by atoms with Crippen LogP contribution in [0.25, 0.3) is 0 Å². The highest BCUT2D eigenvalue weighted by Gasteiger charge is 2.14. The molecule has 7 nitrogen and oxygen atoms in total. The van der Waals surface area contributed by atoms with Crippen molar-refractivity contribution < 1.29 is 14.4 Å². The third kappa shape index (κ3) is 3.54. The van der Waals surface area contributed by atoms with E-state index in [1.165, 1.54) is 6.07 Å². The molecule has 0 aliphatic carbocycles. The van der Waals surface area contributed by atoms with Crippen LogP contribution in [0.15, 0.2) is 36.4 Å². The number of rotatable bonds is 4. The van der Waals surface area contributed by atoms with Crippen LogP contribution in [0.1, 0.15) is 11.1 Å². The Labute approximate surface area is 143 Å². The molecule has 0 fully saturated rings. The predicted octanol–water partition coefficient (Wildman–Crippen LogP) is 3.12. The number of nitro benzene ring substituents is 1. The zero-order valence-corrected chi connectivity index (χ0v) is 13.7. The number of ether oxygens (including phenoxy) is 2. The molecule has 124 valence electrons. The van der Waals surface area contributed by atoms with Gasteiger partial charge in [-0.05, 0) is 42.9 Å². The van der Waals surface area contributed by atoms with Gasteiger partial charge in [-0.1, -0.05) is 12.1 Å². The molecular weight excluding hydrogens is 330 g/mol. The lowest BCUT2D eigenvalue weighted by molar-refractivity contribution is -0.385. The number of thiocarbonyl (C=S) groups is 1. The van der Waals surface area contributed by atoms with Crippen molar-refractivity contribution in [3.8, 4) is 11.5 Å². The van der Waals surface area contributed by atoms with Crippen LogP contribution >= 0.6 is 12.2 Å². The first-order valence-electron chi connectivity index (χ1n) is 7.21. The summed E-state index contributed by atoms with van der Waals surface area (Å²) in [5, 5.41) is 17.4. The van der Waals surface area contributed by atoms with E-state index < -0.39 is 4.92 Å². The molecule has 0 unspecified atom stereocenters. The van der Waals surface area contributed by atoms with E-state index in [0.717, 1.165) is 11.3 Å². The second-order valence-corrected chi connectivity index (χ2v) is 5.66. The number of nitro groups is 1. The number of anilines is 1. The van der Waals surface area contributed by atoms with E-state index in [2.05, 4.69) is 10.6 Å². The maximum atomic E-state index is 11.0. The fourth-order valence-electron chi connectivity index (χ4n) is 2.29. The predicted molar refractivity (Wildman–Crippen MR) is 93.5 cm³/mol. The van der Waals surface area contributed by atoms with Crippen molar-refractivity contribution in [2.24, 2.45) is 0 Å². The average molecular weight is 345 g/mol. The van der Waals surface area contributed by atoms with E-state index in [4.69, 9.17) is 21.7 Å². The minimum atomic E-state index is -0.413. The molecule has 3 rings (SSSR count). The normalized spacial score (nSPS) is 11.9. The smallest absolute Gasteiger partial charge is 0.274 e. The Balaban J connectivity index is 1.60. The minimum Gasteiger partial charge on any atom is -0.454 e. The Kier molecular flexibility index (Phi) is 4.48. The molecule has 2 aromatic carbocycles. The van der Waals surface area contributed by atoms with Crippen LogP contribution in [0.2, 0.25) is 0 Å². The maximum absolute atomic E-state index is 11.0. The lowest BCUT2D eigenvalue weighted by Crippen LogP contribution is -2.27. The van der Waals surface area contributed by atoms with Crippen LogP contribution in [0.3, 0.4) is 0 Å². The van der Waals surface area contributed by atoms with Crippen LogP contribution in [-0.4, -0.2) is 16.8 Å². The van der Waals surface area contributed by atoms with Crippen molar-refractivity contribution in [2.45, 2.75) is 13.5 Å². The summed E-state index contributed by atoms with van der Waals surface area (Å²) < 4.78 is 10.6. The summed E-state index contributed by atoms with van der Waals surface area (Å²) in [6, 6.07) is 10.5. The van der Waals surface area contributed by atoms with Gasteiger partial charge in [-0.15, -0.1) is 0 Å². The van der Waals surface area contributed by atoms with Crippen LogP contribution in [0.4, 0.5) is 11.4 Å². The Bertz CT molecular complexity index is 810. The van der Waals surface area contributed by atoms with Gasteiger partial charge in [0, 0.05) is 23.9 Å².